The molecule has 13 heavy (non-hydrogen) atoms. The van der Waals surface area contributed by atoms with Gasteiger partial charge < -0.3 is 10.4 Å². The Morgan fingerprint density at radius 3 is 2.77 bits per heavy atom. The molecule has 0 radical (unpaired) electrons. The van der Waals surface area contributed by atoms with E-state index in [1.165, 1.54) is 6.07 Å². The van der Waals surface area contributed by atoms with Crippen LogP contribution in [0.25, 0.3) is 0 Å². The van der Waals surface area contributed by atoms with Gasteiger partial charge in [-0.15, -0.1) is 0 Å². The summed E-state index contributed by atoms with van der Waals surface area (Å²) in [6, 6.07) is 4.71. The minimum Gasteiger partial charge on any atom is -0.508 e. The Kier molecular flexibility index (Phi) is 2.90. The lowest BCUT2D eigenvalue weighted by Gasteiger charge is -2.05. The van der Waals surface area contributed by atoms with Crippen molar-refractivity contribution in [2.24, 2.45) is 0 Å². The predicted molar refractivity (Wildman–Crippen MR) is 50.9 cm³/mol. The number of phenols is 1. The lowest BCUT2D eigenvalue weighted by Crippen LogP contribution is -2.23. The average Bonchev–Trinajstić information content (AvgIpc) is 2.04. The van der Waals surface area contributed by atoms with Gasteiger partial charge in [-0.2, -0.15) is 0 Å². The molecule has 0 bridgehead atoms. The molecule has 1 rings (SSSR count). The smallest absolute Gasteiger partial charge is 0.251 e. The first kappa shape index (κ1) is 9.58. The highest BCUT2D eigenvalue weighted by Crippen LogP contribution is 2.15. The van der Waals surface area contributed by atoms with Gasteiger partial charge in [0.25, 0.3) is 5.91 Å². The lowest BCUT2D eigenvalue weighted by atomic mass is 10.1. The number of aryl methyl sites for hydroxylation is 1. The van der Waals surface area contributed by atoms with Gasteiger partial charge in [0.05, 0.1) is 0 Å². The third kappa shape index (κ3) is 2.21. The van der Waals surface area contributed by atoms with Gasteiger partial charge in [0.15, 0.2) is 0 Å². The third-order valence-electron chi connectivity index (χ3n) is 1.79. The quantitative estimate of drug-likeness (QED) is 0.722. The van der Waals surface area contributed by atoms with Gasteiger partial charge in [-0.05, 0) is 37.6 Å². The van der Waals surface area contributed by atoms with Gasteiger partial charge in [-0.25, -0.2) is 0 Å². The second-order valence-corrected chi connectivity index (χ2v) is 2.86. The van der Waals surface area contributed by atoms with E-state index in [1.807, 2.05) is 6.92 Å². The summed E-state index contributed by atoms with van der Waals surface area (Å²) in [6.45, 7) is 4.27. The zero-order chi connectivity index (χ0) is 9.84. The van der Waals surface area contributed by atoms with Crippen molar-refractivity contribution in [1.82, 2.24) is 5.32 Å². The maximum Gasteiger partial charge on any atom is 0.251 e. The molecule has 1 aromatic carbocycles. The van der Waals surface area contributed by atoms with Gasteiger partial charge in [-0.1, -0.05) is 0 Å². The molecule has 0 aliphatic heterocycles. The Bertz CT molecular complexity index is 321. The molecule has 0 aromatic heterocycles. The molecule has 3 nitrogen and oxygen atoms in total. The Morgan fingerprint density at radius 1 is 1.54 bits per heavy atom. The number of benzene rings is 1. The highest BCUT2D eigenvalue weighted by molar-refractivity contribution is 5.95. The third-order valence-corrected chi connectivity index (χ3v) is 1.79. The van der Waals surface area contributed by atoms with Gasteiger partial charge in [0.1, 0.15) is 5.75 Å². The number of rotatable bonds is 2. The molecular formula is C10H13NO2. The van der Waals surface area contributed by atoms with E-state index in [-0.39, 0.29) is 11.7 Å². The van der Waals surface area contributed by atoms with Crippen molar-refractivity contribution in [1.29, 1.82) is 0 Å². The maximum atomic E-state index is 11.4. The van der Waals surface area contributed by atoms with E-state index in [1.54, 1.807) is 19.1 Å². The van der Waals surface area contributed by atoms with Crippen LogP contribution in [0.1, 0.15) is 22.8 Å². The number of phenolic OH excluding ortho intramolecular Hbond substituents is 1. The van der Waals surface area contributed by atoms with Crippen LogP contribution in [0.4, 0.5) is 0 Å². The summed E-state index contributed by atoms with van der Waals surface area (Å²) in [7, 11) is 0. The average molecular weight is 179 g/mol. The van der Waals surface area contributed by atoms with Crippen LogP contribution in [-0.2, 0) is 0 Å². The van der Waals surface area contributed by atoms with Crippen molar-refractivity contribution in [2.75, 3.05) is 6.54 Å². The van der Waals surface area contributed by atoms with Crippen LogP contribution < -0.4 is 5.32 Å². The van der Waals surface area contributed by atoms with Gasteiger partial charge in [0.2, 0.25) is 0 Å². The first-order valence-corrected chi connectivity index (χ1v) is 4.23. The van der Waals surface area contributed by atoms with E-state index in [0.29, 0.717) is 12.1 Å². The number of carbonyl (C=O) groups is 1. The van der Waals surface area contributed by atoms with Crippen molar-refractivity contribution in [3.05, 3.63) is 29.3 Å². The largest absolute Gasteiger partial charge is 0.508 e. The van der Waals surface area contributed by atoms with E-state index in [9.17, 15) is 4.79 Å². The highest BCUT2D eigenvalue weighted by Gasteiger charge is 2.07. The fourth-order valence-corrected chi connectivity index (χ4v) is 1.16. The molecule has 0 aliphatic carbocycles. The molecule has 0 saturated carbocycles. The fraction of sp³-hybridized carbons (Fsp3) is 0.300. The van der Waals surface area contributed by atoms with Crippen LogP contribution in [0.15, 0.2) is 18.2 Å². The summed E-state index contributed by atoms with van der Waals surface area (Å²) in [4.78, 5) is 11.4. The van der Waals surface area contributed by atoms with Crippen molar-refractivity contribution in [2.45, 2.75) is 13.8 Å². The van der Waals surface area contributed by atoms with Gasteiger partial charge in [0, 0.05) is 12.1 Å². The van der Waals surface area contributed by atoms with Crippen molar-refractivity contribution in [3.8, 4) is 5.75 Å². The minimum atomic E-state index is -0.0972. The summed E-state index contributed by atoms with van der Waals surface area (Å²) in [5.41, 5.74) is 1.39. The van der Waals surface area contributed by atoms with Gasteiger partial charge in [-0.3, -0.25) is 4.79 Å². The standard InChI is InChI=1S/C10H13NO2/c1-3-11-10(13)9-5-4-8(12)6-7(9)2/h4-6,12H,3H2,1-2H3,(H,11,13). The Balaban J connectivity index is 2.95. The Hall–Kier alpha value is -1.51. The first-order valence-electron chi connectivity index (χ1n) is 4.23. The molecule has 0 atom stereocenters. The summed E-state index contributed by atoms with van der Waals surface area (Å²) in [5, 5.41) is 11.8. The molecule has 0 spiro atoms. The molecule has 0 heterocycles. The van der Waals surface area contributed by atoms with Crippen molar-refractivity contribution < 1.29 is 9.90 Å². The lowest BCUT2D eigenvalue weighted by molar-refractivity contribution is 0.0955. The van der Waals surface area contributed by atoms with Crippen LogP contribution in [0, 0.1) is 6.92 Å². The molecule has 1 aromatic rings. The topological polar surface area (TPSA) is 49.3 Å². The van der Waals surface area contributed by atoms with Gasteiger partial charge >= 0.3 is 0 Å². The van der Waals surface area contributed by atoms with Crippen LogP contribution in [0.2, 0.25) is 0 Å². The fourth-order valence-electron chi connectivity index (χ4n) is 1.16. The number of nitrogens with one attached hydrogen (secondary N) is 1. The zero-order valence-corrected chi connectivity index (χ0v) is 7.79. The first-order chi connectivity index (χ1) is 6.15. The van der Waals surface area contributed by atoms with E-state index < -0.39 is 0 Å². The molecule has 3 heteroatoms. The molecule has 1 amide bonds. The predicted octanol–water partition coefficient (Wildman–Crippen LogP) is 1.45. The second kappa shape index (κ2) is 3.94. The molecule has 0 fully saturated rings. The van der Waals surface area contributed by atoms with Crippen LogP contribution in [-0.4, -0.2) is 17.6 Å². The van der Waals surface area contributed by atoms with Crippen molar-refractivity contribution >= 4 is 5.91 Å². The summed E-state index contributed by atoms with van der Waals surface area (Å²) >= 11 is 0. The number of amides is 1. The normalized spacial score (nSPS) is 9.69. The van der Waals surface area contributed by atoms with E-state index in [0.717, 1.165) is 5.56 Å². The number of aromatic hydroxyl groups is 1. The summed E-state index contributed by atoms with van der Waals surface area (Å²) in [5.74, 6) is 0.0885. The monoisotopic (exact) mass is 179 g/mol. The maximum absolute atomic E-state index is 11.4. The molecular weight excluding hydrogens is 166 g/mol. The number of carbonyl (C=O) groups excluding carboxylic acids is 1. The van der Waals surface area contributed by atoms with Crippen LogP contribution >= 0.6 is 0 Å². The molecule has 2 N–H and O–H groups in total. The second-order valence-electron chi connectivity index (χ2n) is 2.86. The number of hydrogen-bond acceptors (Lipinski definition) is 2. The van der Waals surface area contributed by atoms with E-state index in [2.05, 4.69) is 5.32 Å². The molecule has 0 aliphatic rings. The minimum absolute atomic E-state index is 0.0972. The molecule has 70 valence electrons. The summed E-state index contributed by atoms with van der Waals surface area (Å²) in [6.07, 6.45) is 0. The van der Waals surface area contributed by atoms with E-state index >= 15 is 0 Å². The van der Waals surface area contributed by atoms with Crippen LogP contribution in [0.3, 0.4) is 0 Å². The summed E-state index contributed by atoms with van der Waals surface area (Å²) < 4.78 is 0. The Labute approximate surface area is 77.4 Å². The SMILES string of the molecule is CCNC(=O)c1ccc(O)cc1C. The van der Waals surface area contributed by atoms with Crippen molar-refractivity contribution in [3.63, 3.8) is 0 Å². The Morgan fingerprint density at radius 2 is 2.23 bits per heavy atom. The molecule has 0 unspecified atom stereocenters. The van der Waals surface area contributed by atoms with E-state index in [4.69, 9.17) is 5.11 Å². The van der Waals surface area contributed by atoms with Crippen LogP contribution in [0.5, 0.6) is 5.75 Å². The number of hydrogen-bond donors (Lipinski definition) is 2. The zero-order valence-electron chi connectivity index (χ0n) is 7.79. The highest BCUT2D eigenvalue weighted by atomic mass is 16.3. The molecule has 0 saturated heterocycles.